The second kappa shape index (κ2) is 7.34. The molecule has 2 aromatic rings. The Balaban J connectivity index is 2.11. The predicted molar refractivity (Wildman–Crippen MR) is 85.3 cm³/mol. The van der Waals surface area contributed by atoms with Gasteiger partial charge in [0.25, 0.3) is 0 Å². The van der Waals surface area contributed by atoms with Crippen LogP contribution in [0.1, 0.15) is 18.1 Å². The van der Waals surface area contributed by atoms with Crippen molar-refractivity contribution in [3.05, 3.63) is 89.5 Å². The maximum absolute atomic E-state index is 5.45. The van der Waals surface area contributed by atoms with E-state index in [9.17, 15) is 0 Å². The zero-order chi connectivity index (χ0) is 14.2. The Morgan fingerprint density at radius 1 is 0.900 bits per heavy atom. The Morgan fingerprint density at radius 2 is 1.50 bits per heavy atom. The van der Waals surface area contributed by atoms with Crippen LogP contribution in [0.3, 0.4) is 0 Å². The molecule has 0 aliphatic rings. The number of rotatable bonds is 5. The molecule has 0 amide bonds. The minimum Gasteiger partial charge on any atom is -0.496 e. The maximum atomic E-state index is 5.45. The van der Waals surface area contributed by atoms with Crippen LogP contribution >= 0.6 is 0 Å². The number of hydrogen-bond donors (Lipinski definition) is 0. The molecule has 0 aliphatic heterocycles. The summed E-state index contributed by atoms with van der Waals surface area (Å²) in [5, 5.41) is 0. The van der Waals surface area contributed by atoms with Gasteiger partial charge in [0.2, 0.25) is 0 Å². The van der Waals surface area contributed by atoms with Gasteiger partial charge in [0.1, 0.15) is 5.76 Å². The van der Waals surface area contributed by atoms with Crippen molar-refractivity contribution in [3.8, 4) is 0 Å². The van der Waals surface area contributed by atoms with E-state index in [1.165, 1.54) is 11.1 Å². The summed E-state index contributed by atoms with van der Waals surface area (Å²) < 4.78 is 5.45. The van der Waals surface area contributed by atoms with Crippen LogP contribution in [0.15, 0.2) is 78.4 Å². The smallest absolute Gasteiger partial charge is 0.126 e. The summed E-state index contributed by atoms with van der Waals surface area (Å²) >= 11 is 0. The molecular formula is C19H20O. The number of methoxy groups -OCH3 is 1. The third-order valence-electron chi connectivity index (χ3n) is 3.12. The lowest BCUT2D eigenvalue weighted by molar-refractivity contribution is 0.370. The topological polar surface area (TPSA) is 9.23 Å². The van der Waals surface area contributed by atoms with Gasteiger partial charge in [-0.25, -0.2) is 0 Å². The van der Waals surface area contributed by atoms with Crippen LogP contribution in [0.25, 0.3) is 5.76 Å². The monoisotopic (exact) mass is 264 g/mol. The highest BCUT2D eigenvalue weighted by atomic mass is 16.5. The van der Waals surface area contributed by atoms with Crippen LogP contribution in [-0.2, 0) is 11.2 Å². The Kier molecular flexibility index (Phi) is 5.19. The third kappa shape index (κ3) is 4.13. The molecule has 0 heterocycles. The molecule has 0 atom stereocenters. The molecular weight excluding hydrogens is 244 g/mol. The summed E-state index contributed by atoms with van der Waals surface area (Å²) in [7, 11) is 1.71. The Morgan fingerprint density at radius 3 is 2.10 bits per heavy atom. The van der Waals surface area contributed by atoms with E-state index in [2.05, 4.69) is 49.4 Å². The summed E-state index contributed by atoms with van der Waals surface area (Å²) in [6.07, 6.45) is 5.12. The Bertz CT molecular complexity index is 580. The van der Waals surface area contributed by atoms with E-state index >= 15 is 0 Å². The normalized spacial score (nSPS) is 12.3. The minimum absolute atomic E-state index is 0.887. The standard InChI is InChI=1S/C19H20O/c1-16(15-17-9-5-3-6-10-17)13-14-19(20-2)18-11-7-4-8-12-18/h3-14H,15H2,1-2H3/b16-13+,19-14-. The molecule has 1 heteroatoms. The van der Waals surface area contributed by atoms with Crippen LogP contribution < -0.4 is 0 Å². The first-order valence-electron chi connectivity index (χ1n) is 6.80. The summed E-state index contributed by atoms with van der Waals surface area (Å²) in [5.41, 5.74) is 3.73. The summed E-state index contributed by atoms with van der Waals surface area (Å²) in [6, 6.07) is 20.6. The van der Waals surface area contributed by atoms with E-state index < -0.39 is 0 Å². The van der Waals surface area contributed by atoms with E-state index in [0.29, 0.717) is 0 Å². The molecule has 2 aromatic carbocycles. The van der Waals surface area contributed by atoms with Gasteiger partial charge >= 0.3 is 0 Å². The molecule has 0 aliphatic carbocycles. The first-order valence-corrected chi connectivity index (χ1v) is 6.80. The van der Waals surface area contributed by atoms with E-state index in [-0.39, 0.29) is 0 Å². The molecule has 0 saturated heterocycles. The SMILES string of the molecule is CO/C(=C\C=C(/C)Cc1ccccc1)c1ccccc1. The fourth-order valence-corrected chi connectivity index (χ4v) is 2.08. The molecule has 0 N–H and O–H groups in total. The Hall–Kier alpha value is -2.28. The van der Waals surface area contributed by atoms with Crippen LogP contribution in [0.5, 0.6) is 0 Å². The van der Waals surface area contributed by atoms with Crippen molar-refractivity contribution in [2.75, 3.05) is 7.11 Å². The zero-order valence-corrected chi connectivity index (χ0v) is 12.0. The predicted octanol–water partition coefficient (Wildman–Crippen LogP) is 4.86. The first kappa shape index (κ1) is 14.1. The average molecular weight is 264 g/mol. The minimum atomic E-state index is 0.887. The van der Waals surface area contributed by atoms with E-state index in [1.54, 1.807) is 7.11 Å². The van der Waals surface area contributed by atoms with Crippen LogP contribution in [0.2, 0.25) is 0 Å². The van der Waals surface area contributed by atoms with Gasteiger partial charge in [0.15, 0.2) is 0 Å². The van der Waals surface area contributed by atoms with Crippen LogP contribution in [0, 0.1) is 0 Å². The molecule has 0 fully saturated rings. The van der Waals surface area contributed by atoms with Crippen molar-refractivity contribution in [3.63, 3.8) is 0 Å². The zero-order valence-electron chi connectivity index (χ0n) is 12.0. The highest BCUT2D eigenvalue weighted by Gasteiger charge is 1.98. The number of allylic oxidation sites excluding steroid dienone is 3. The summed E-state index contributed by atoms with van der Waals surface area (Å²) in [4.78, 5) is 0. The van der Waals surface area contributed by atoms with Gasteiger partial charge < -0.3 is 4.74 Å². The molecule has 0 radical (unpaired) electrons. The van der Waals surface area contributed by atoms with Crippen LogP contribution in [-0.4, -0.2) is 7.11 Å². The van der Waals surface area contributed by atoms with Gasteiger partial charge in [-0.2, -0.15) is 0 Å². The van der Waals surface area contributed by atoms with E-state index in [4.69, 9.17) is 4.74 Å². The molecule has 0 bridgehead atoms. The van der Waals surface area contributed by atoms with Gasteiger partial charge in [-0.05, 0) is 25.0 Å². The molecule has 102 valence electrons. The summed E-state index contributed by atoms with van der Waals surface area (Å²) in [5.74, 6) is 0.887. The van der Waals surface area contributed by atoms with Crippen molar-refractivity contribution < 1.29 is 4.74 Å². The highest BCUT2D eigenvalue weighted by Crippen LogP contribution is 2.15. The Labute approximate surface area is 121 Å². The largest absolute Gasteiger partial charge is 0.496 e. The molecule has 20 heavy (non-hydrogen) atoms. The third-order valence-corrected chi connectivity index (χ3v) is 3.12. The van der Waals surface area contributed by atoms with E-state index in [1.807, 2.05) is 30.3 Å². The average Bonchev–Trinajstić information content (AvgIpc) is 2.50. The molecule has 1 nitrogen and oxygen atoms in total. The summed E-state index contributed by atoms with van der Waals surface area (Å²) in [6.45, 7) is 2.14. The van der Waals surface area contributed by atoms with Crippen molar-refractivity contribution in [1.29, 1.82) is 0 Å². The quantitative estimate of drug-likeness (QED) is 0.553. The highest BCUT2D eigenvalue weighted by molar-refractivity contribution is 5.61. The van der Waals surface area contributed by atoms with Gasteiger partial charge in [-0.15, -0.1) is 0 Å². The van der Waals surface area contributed by atoms with Crippen molar-refractivity contribution in [2.45, 2.75) is 13.3 Å². The number of hydrogen-bond acceptors (Lipinski definition) is 1. The molecule has 0 aromatic heterocycles. The lowest BCUT2D eigenvalue weighted by Crippen LogP contribution is -1.88. The van der Waals surface area contributed by atoms with Crippen molar-refractivity contribution in [2.24, 2.45) is 0 Å². The lowest BCUT2D eigenvalue weighted by Gasteiger charge is -2.05. The van der Waals surface area contributed by atoms with Gasteiger partial charge in [-0.3, -0.25) is 0 Å². The molecule has 0 saturated carbocycles. The fourth-order valence-electron chi connectivity index (χ4n) is 2.08. The number of ether oxygens (including phenoxy) is 1. The molecule has 0 spiro atoms. The fraction of sp³-hybridized carbons (Fsp3) is 0.158. The number of benzene rings is 2. The molecule has 2 rings (SSSR count). The van der Waals surface area contributed by atoms with Gasteiger partial charge in [0.05, 0.1) is 7.11 Å². The second-order valence-electron chi connectivity index (χ2n) is 4.78. The van der Waals surface area contributed by atoms with Crippen LogP contribution in [0.4, 0.5) is 0 Å². The van der Waals surface area contributed by atoms with E-state index in [0.717, 1.165) is 17.7 Å². The maximum Gasteiger partial charge on any atom is 0.126 e. The second-order valence-corrected chi connectivity index (χ2v) is 4.78. The first-order chi connectivity index (χ1) is 9.79. The van der Waals surface area contributed by atoms with Gasteiger partial charge in [-0.1, -0.05) is 72.3 Å². The molecule has 0 unspecified atom stereocenters. The van der Waals surface area contributed by atoms with Crippen molar-refractivity contribution in [1.82, 2.24) is 0 Å². The van der Waals surface area contributed by atoms with Gasteiger partial charge in [0, 0.05) is 5.56 Å². The lowest BCUT2D eigenvalue weighted by atomic mass is 10.1. The van der Waals surface area contributed by atoms with Crippen molar-refractivity contribution >= 4 is 5.76 Å².